The summed E-state index contributed by atoms with van der Waals surface area (Å²) in [5.41, 5.74) is 9.14. The molecule has 166 valence electrons. The molecule has 0 bridgehead atoms. The monoisotopic (exact) mass is 452 g/mol. The van der Waals surface area contributed by atoms with Crippen LogP contribution in [0.5, 0.6) is 0 Å². The summed E-state index contributed by atoms with van der Waals surface area (Å²) in [7, 11) is 0. The number of rotatable bonds is 1. The quantitative estimate of drug-likeness (QED) is 0.252. The highest BCUT2D eigenvalue weighted by Gasteiger charge is 2.37. The maximum Gasteiger partial charge on any atom is 0.148 e. The number of benzene rings is 3. The molecule has 0 unspecified atom stereocenters. The van der Waals surface area contributed by atoms with Crippen LogP contribution >= 0.6 is 0 Å². The van der Waals surface area contributed by atoms with Crippen LogP contribution in [0, 0.1) is 0 Å². The van der Waals surface area contributed by atoms with Crippen LogP contribution in [0.15, 0.2) is 93.9 Å². The minimum atomic E-state index is -0.148. The molecule has 0 radical (unpaired) electrons. The van der Waals surface area contributed by atoms with Crippen LogP contribution in [0.3, 0.4) is 0 Å². The van der Waals surface area contributed by atoms with Crippen molar-refractivity contribution in [2.24, 2.45) is 0 Å². The van der Waals surface area contributed by atoms with Gasteiger partial charge in [0.05, 0.1) is 22.6 Å². The van der Waals surface area contributed by atoms with Crippen LogP contribution in [0.2, 0.25) is 0 Å². The fourth-order valence-electron chi connectivity index (χ4n) is 5.80. The van der Waals surface area contributed by atoms with Gasteiger partial charge < -0.3 is 8.83 Å². The summed E-state index contributed by atoms with van der Waals surface area (Å²) >= 11 is 0. The molecule has 4 heteroatoms. The summed E-state index contributed by atoms with van der Waals surface area (Å²) in [6.45, 7) is 4.47. The molecule has 4 nitrogen and oxygen atoms in total. The van der Waals surface area contributed by atoms with Crippen LogP contribution in [-0.4, -0.2) is 9.97 Å². The van der Waals surface area contributed by atoms with E-state index in [1.807, 2.05) is 48.7 Å². The molecule has 1 aliphatic rings. The van der Waals surface area contributed by atoms with Crippen LogP contribution in [-0.2, 0) is 5.41 Å². The molecule has 0 fully saturated rings. The Labute approximate surface area is 200 Å². The fourth-order valence-corrected chi connectivity index (χ4v) is 5.80. The average Bonchev–Trinajstić information content (AvgIpc) is 3.51. The third-order valence-corrected chi connectivity index (χ3v) is 7.54. The largest absolute Gasteiger partial charge is 0.455 e. The van der Waals surface area contributed by atoms with Gasteiger partial charge in [0, 0.05) is 33.2 Å². The molecule has 0 amide bonds. The van der Waals surface area contributed by atoms with Crippen molar-refractivity contribution in [3.05, 3.63) is 96.2 Å². The Morgan fingerprint density at radius 2 is 1.26 bits per heavy atom. The third kappa shape index (κ3) is 2.36. The number of pyridine rings is 2. The van der Waals surface area contributed by atoms with Gasteiger partial charge in [-0.15, -0.1) is 0 Å². The number of aromatic nitrogens is 2. The van der Waals surface area contributed by atoms with Crippen LogP contribution in [0.4, 0.5) is 0 Å². The lowest BCUT2D eigenvalue weighted by Crippen LogP contribution is -2.15. The standard InChI is InChI=1S/C31H20N2O2/c1-31(2)21-10-7-15-32-27(21)28-22(31)13-14-23(33-28)26-29-19(17-8-3-5-11-24(17)34-29)16-20-18-9-4-6-12-25(18)35-30(20)26/h3-16H,1-2H3. The van der Waals surface area contributed by atoms with Gasteiger partial charge in [0.2, 0.25) is 0 Å². The van der Waals surface area contributed by atoms with Crippen molar-refractivity contribution in [3.8, 4) is 22.6 Å². The minimum Gasteiger partial charge on any atom is -0.455 e. The van der Waals surface area contributed by atoms with Crippen LogP contribution in [0.25, 0.3) is 66.5 Å². The smallest absolute Gasteiger partial charge is 0.148 e. The van der Waals surface area contributed by atoms with Crippen LogP contribution < -0.4 is 0 Å². The number of hydrogen-bond acceptors (Lipinski definition) is 4. The van der Waals surface area contributed by atoms with E-state index in [1.54, 1.807) is 0 Å². The second-order valence-electron chi connectivity index (χ2n) is 9.82. The summed E-state index contributed by atoms with van der Waals surface area (Å²) in [4.78, 5) is 9.93. The van der Waals surface area contributed by atoms with E-state index in [2.05, 4.69) is 50.2 Å². The van der Waals surface area contributed by atoms with E-state index in [9.17, 15) is 0 Å². The molecule has 1 aliphatic carbocycles. The minimum absolute atomic E-state index is 0.148. The molecule has 3 aromatic carbocycles. The first-order chi connectivity index (χ1) is 17.1. The lowest BCUT2D eigenvalue weighted by Gasteiger charge is -2.20. The molecule has 7 aromatic rings. The molecule has 0 saturated heterocycles. The van der Waals surface area contributed by atoms with Crippen molar-refractivity contribution in [2.75, 3.05) is 0 Å². The summed E-state index contributed by atoms with van der Waals surface area (Å²) in [6, 6.07) is 27.0. The van der Waals surface area contributed by atoms with Gasteiger partial charge in [-0.25, -0.2) is 4.98 Å². The molecule has 0 saturated carbocycles. The first kappa shape index (κ1) is 18.9. The highest BCUT2D eigenvalue weighted by atomic mass is 16.3. The second-order valence-corrected chi connectivity index (χ2v) is 9.82. The number of nitrogens with zero attached hydrogens (tertiary/aromatic N) is 2. The van der Waals surface area contributed by atoms with Crippen molar-refractivity contribution < 1.29 is 8.83 Å². The highest BCUT2D eigenvalue weighted by molar-refractivity contribution is 6.21. The van der Waals surface area contributed by atoms with Crippen molar-refractivity contribution >= 4 is 43.9 Å². The van der Waals surface area contributed by atoms with E-state index >= 15 is 0 Å². The molecule has 35 heavy (non-hydrogen) atoms. The van der Waals surface area contributed by atoms with E-state index in [0.717, 1.165) is 66.5 Å². The van der Waals surface area contributed by atoms with E-state index in [1.165, 1.54) is 11.1 Å². The summed E-state index contributed by atoms with van der Waals surface area (Å²) < 4.78 is 12.9. The van der Waals surface area contributed by atoms with E-state index in [0.29, 0.717) is 0 Å². The zero-order valence-corrected chi connectivity index (χ0v) is 19.3. The topological polar surface area (TPSA) is 52.1 Å². The third-order valence-electron chi connectivity index (χ3n) is 7.54. The van der Waals surface area contributed by atoms with E-state index < -0.39 is 0 Å². The molecule has 0 spiro atoms. The van der Waals surface area contributed by atoms with Gasteiger partial charge in [-0.1, -0.05) is 62.4 Å². The Morgan fingerprint density at radius 3 is 1.94 bits per heavy atom. The molecule has 0 atom stereocenters. The van der Waals surface area contributed by atoms with Gasteiger partial charge in [0.15, 0.2) is 0 Å². The average molecular weight is 453 g/mol. The Morgan fingerprint density at radius 1 is 0.629 bits per heavy atom. The summed E-state index contributed by atoms with van der Waals surface area (Å²) in [5, 5.41) is 4.31. The molecular weight excluding hydrogens is 432 g/mol. The summed E-state index contributed by atoms with van der Waals surface area (Å²) in [6.07, 6.45) is 1.84. The molecule has 8 rings (SSSR count). The van der Waals surface area contributed by atoms with E-state index in [4.69, 9.17) is 18.8 Å². The first-order valence-electron chi connectivity index (χ1n) is 11.8. The molecule has 4 aromatic heterocycles. The second kappa shape index (κ2) is 6.36. The fraction of sp³-hybridized carbons (Fsp3) is 0.0968. The van der Waals surface area contributed by atoms with Gasteiger partial charge in [-0.05, 0) is 41.5 Å². The zero-order valence-electron chi connectivity index (χ0n) is 19.3. The van der Waals surface area contributed by atoms with Crippen molar-refractivity contribution in [2.45, 2.75) is 19.3 Å². The van der Waals surface area contributed by atoms with Crippen LogP contribution in [0.1, 0.15) is 25.0 Å². The maximum atomic E-state index is 6.46. The molecule has 0 N–H and O–H groups in total. The number of hydrogen-bond donors (Lipinski definition) is 0. The summed E-state index contributed by atoms with van der Waals surface area (Å²) in [5.74, 6) is 0. The predicted molar refractivity (Wildman–Crippen MR) is 140 cm³/mol. The Hall–Kier alpha value is -4.44. The first-order valence-corrected chi connectivity index (χ1v) is 11.8. The van der Waals surface area contributed by atoms with Gasteiger partial charge in [0.1, 0.15) is 22.3 Å². The van der Waals surface area contributed by atoms with Gasteiger partial charge in [0.25, 0.3) is 0 Å². The van der Waals surface area contributed by atoms with Crippen molar-refractivity contribution in [1.82, 2.24) is 9.97 Å². The molecule has 4 heterocycles. The van der Waals surface area contributed by atoms with Gasteiger partial charge in [-0.2, -0.15) is 0 Å². The number of furan rings is 2. The molecular formula is C31H20N2O2. The lowest BCUT2D eigenvalue weighted by molar-refractivity contribution is 0.656. The zero-order chi connectivity index (χ0) is 23.3. The Kier molecular flexibility index (Phi) is 3.44. The predicted octanol–water partition coefficient (Wildman–Crippen LogP) is 8.25. The lowest BCUT2D eigenvalue weighted by atomic mass is 9.83. The normalized spacial score (nSPS) is 14.2. The molecule has 0 aliphatic heterocycles. The van der Waals surface area contributed by atoms with E-state index in [-0.39, 0.29) is 5.41 Å². The maximum absolute atomic E-state index is 6.46. The Balaban J connectivity index is 1.53. The van der Waals surface area contributed by atoms with Gasteiger partial charge in [-0.3, -0.25) is 4.98 Å². The Bertz CT molecular complexity index is 1900. The van der Waals surface area contributed by atoms with Gasteiger partial charge >= 0.3 is 0 Å². The SMILES string of the molecule is CC1(C)c2cccnc2-c2nc(-c3c4oc5ccccc5c4cc4c3oc3ccccc34)ccc21. The highest BCUT2D eigenvalue weighted by Crippen LogP contribution is 2.49. The number of para-hydroxylation sites is 2. The number of fused-ring (bicyclic) bond motifs is 9. The van der Waals surface area contributed by atoms with Crippen molar-refractivity contribution in [3.63, 3.8) is 0 Å². The van der Waals surface area contributed by atoms with Crippen molar-refractivity contribution in [1.29, 1.82) is 0 Å².